The summed E-state index contributed by atoms with van der Waals surface area (Å²) in [4.78, 5) is 12.5. The zero-order chi connectivity index (χ0) is 13.3. The first-order chi connectivity index (χ1) is 8.54. The molecule has 0 atom stereocenters. The van der Waals surface area contributed by atoms with Crippen molar-refractivity contribution in [3.05, 3.63) is 33.8 Å². The molecule has 0 saturated heterocycles. The standard InChI is InChI=1S/C13H13Cl2NOS/c1-18-13-8(4-5-9(14)12(13)15)10(16)6-11(17)7-2-3-7/h4-7H,2-3,16H2,1H3/b10-6+. The number of carbonyl (C=O) groups excluding carboxylic acids is 1. The second-order valence-electron chi connectivity index (χ2n) is 4.22. The van der Waals surface area contributed by atoms with Crippen LogP contribution in [0.5, 0.6) is 0 Å². The van der Waals surface area contributed by atoms with E-state index >= 15 is 0 Å². The van der Waals surface area contributed by atoms with E-state index in [1.807, 2.05) is 6.26 Å². The molecule has 18 heavy (non-hydrogen) atoms. The van der Waals surface area contributed by atoms with Crippen molar-refractivity contribution in [2.24, 2.45) is 11.7 Å². The second-order valence-corrected chi connectivity index (χ2v) is 5.82. The zero-order valence-corrected chi connectivity index (χ0v) is 12.2. The predicted octanol–water partition coefficient (Wildman–Crippen LogP) is 3.99. The molecule has 0 bridgehead atoms. The van der Waals surface area contributed by atoms with Crippen molar-refractivity contribution in [3.8, 4) is 0 Å². The van der Waals surface area contributed by atoms with Crippen LogP contribution < -0.4 is 5.73 Å². The lowest BCUT2D eigenvalue weighted by Gasteiger charge is -2.10. The van der Waals surface area contributed by atoms with E-state index in [-0.39, 0.29) is 11.7 Å². The Bertz CT molecular complexity index is 524. The molecule has 1 saturated carbocycles. The first-order valence-electron chi connectivity index (χ1n) is 5.58. The van der Waals surface area contributed by atoms with Gasteiger partial charge in [-0.05, 0) is 25.2 Å². The summed E-state index contributed by atoms with van der Waals surface area (Å²) < 4.78 is 0. The van der Waals surface area contributed by atoms with Crippen LogP contribution in [0.1, 0.15) is 18.4 Å². The highest BCUT2D eigenvalue weighted by atomic mass is 35.5. The van der Waals surface area contributed by atoms with E-state index in [1.165, 1.54) is 17.8 Å². The Morgan fingerprint density at radius 1 is 1.44 bits per heavy atom. The second kappa shape index (κ2) is 5.55. The van der Waals surface area contributed by atoms with Gasteiger partial charge >= 0.3 is 0 Å². The highest BCUT2D eigenvalue weighted by Crippen LogP contribution is 2.37. The lowest BCUT2D eigenvalue weighted by Crippen LogP contribution is -2.04. The predicted molar refractivity (Wildman–Crippen MR) is 78.1 cm³/mol. The van der Waals surface area contributed by atoms with Gasteiger partial charge in [0.05, 0.1) is 10.0 Å². The molecule has 0 radical (unpaired) electrons. The lowest BCUT2D eigenvalue weighted by atomic mass is 10.1. The molecule has 1 fully saturated rings. The average molecular weight is 302 g/mol. The molecule has 0 unspecified atom stereocenters. The molecule has 1 aliphatic carbocycles. The summed E-state index contributed by atoms with van der Waals surface area (Å²) >= 11 is 13.6. The van der Waals surface area contributed by atoms with Gasteiger partial charge in [-0.3, -0.25) is 4.79 Å². The molecular formula is C13H13Cl2NOS. The van der Waals surface area contributed by atoms with Gasteiger partial charge in [-0.15, -0.1) is 11.8 Å². The first kappa shape index (κ1) is 13.8. The van der Waals surface area contributed by atoms with Gasteiger partial charge < -0.3 is 5.73 Å². The maximum absolute atomic E-state index is 11.7. The molecule has 0 spiro atoms. The third-order valence-electron chi connectivity index (χ3n) is 2.84. The molecule has 1 aliphatic rings. The fourth-order valence-corrected chi connectivity index (χ4v) is 2.98. The van der Waals surface area contributed by atoms with Crippen LogP contribution in [0.25, 0.3) is 5.70 Å². The van der Waals surface area contributed by atoms with Gasteiger partial charge in [0.25, 0.3) is 0 Å². The Morgan fingerprint density at radius 2 is 2.11 bits per heavy atom. The Hall–Kier alpha value is -0.640. The summed E-state index contributed by atoms with van der Waals surface area (Å²) in [6.07, 6.45) is 5.35. The molecule has 0 heterocycles. The highest BCUT2D eigenvalue weighted by molar-refractivity contribution is 7.98. The number of rotatable bonds is 4. The van der Waals surface area contributed by atoms with Gasteiger partial charge in [0.15, 0.2) is 5.78 Å². The molecule has 1 aromatic carbocycles. The van der Waals surface area contributed by atoms with Crippen molar-refractivity contribution in [3.63, 3.8) is 0 Å². The van der Waals surface area contributed by atoms with Gasteiger partial charge in [0, 0.05) is 28.1 Å². The number of hydrogen-bond donors (Lipinski definition) is 1. The molecule has 2 nitrogen and oxygen atoms in total. The third kappa shape index (κ3) is 2.85. The summed E-state index contributed by atoms with van der Waals surface area (Å²) in [6.45, 7) is 0. The van der Waals surface area contributed by atoms with E-state index in [0.717, 1.165) is 23.3 Å². The summed E-state index contributed by atoms with van der Waals surface area (Å²) in [6, 6.07) is 3.49. The quantitative estimate of drug-likeness (QED) is 0.675. The Kier molecular flexibility index (Phi) is 4.25. The Labute approximate surface area is 121 Å². The molecular weight excluding hydrogens is 289 g/mol. The Balaban J connectivity index is 2.37. The van der Waals surface area contributed by atoms with E-state index in [9.17, 15) is 4.79 Å². The number of carbonyl (C=O) groups is 1. The monoisotopic (exact) mass is 301 g/mol. The minimum Gasteiger partial charge on any atom is -0.398 e. The van der Waals surface area contributed by atoms with Gasteiger partial charge in [-0.2, -0.15) is 0 Å². The number of ketones is 1. The van der Waals surface area contributed by atoms with Crippen LogP contribution in [0.15, 0.2) is 23.1 Å². The molecule has 2 N–H and O–H groups in total. The molecule has 0 aliphatic heterocycles. The fraction of sp³-hybridized carbons (Fsp3) is 0.308. The SMILES string of the molecule is CSc1c(/C(N)=C\C(=O)C2CC2)ccc(Cl)c1Cl. The largest absolute Gasteiger partial charge is 0.398 e. The van der Waals surface area contributed by atoms with Gasteiger partial charge in [-0.25, -0.2) is 0 Å². The van der Waals surface area contributed by atoms with E-state index in [2.05, 4.69) is 0 Å². The number of benzene rings is 1. The van der Waals surface area contributed by atoms with E-state index < -0.39 is 0 Å². The van der Waals surface area contributed by atoms with Crippen molar-refractivity contribution < 1.29 is 4.79 Å². The molecule has 0 aromatic heterocycles. The average Bonchev–Trinajstić information content (AvgIpc) is 3.16. The molecule has 0 amide bonds. The fourth-order valence-electron chi connectivity index (χ4n) is 1.68. The normalized spacial score (nSPS) is 15.8. The molecule has 5 heteroatoms. The summed E-state index contributed by atoms with van der Waals surface area (Å²) in [7, 11) is 0. The van der Waals surface area contributed by atoms with Gasteiger partial charge in [0.2, 0.25) is 0 Å². The number of allylic oxidation sites excluding steroid dienone is 1. The van der Waals surface area contributed by atoms with Crippen LogP contribution in [-0.4, -0.2) is 12.0 Å². The van der Waals surface area contributed by atoms with Crippen LogP contribution in [0.2, 0.25) is 10.0 Å². The van der Waals surface area contributed by atoms with E-state index in [1.54, 1.807) is 12.1 Å². The number of thioether (sulfide) groups is 1. The lowest BCUT2D eigenvalue weighted by molar-refractivity contribution is -0.115. The minimum atomic E-state index is 0.102. The minimum absolute atomic E-state index is 0.102. The van der Waals surface area contributed by atoms with Gasteiger partial charge in [0.1, 0.15) is 0 Å². The molecule has 1 aromatic rings. The maximum atomic E-state index is 11.7. The van der Waals surface area contributed by atoms with Crippen LogP contribution in [0, 0.1) is 5.92 Å². The zero-order valence-electron chi connectivity index (χ0n) is 9.87. The van der Waals surface area contributed by atoms with Gasteiger partial charge in [-0.1, -0.05) is 29.3 Å². The van der Waals surface area contributed by atoms with Crippen molar-refractivity contribution >= 4 is 46.4 Å². The van der Waals surface area contributed by atoms with E-state index in [4.69, 9.17) is 28.9 Å². The summed E-state index contributed by atoms with van der Waals surface area (Å²) in [5, 5.41) is 0.975. The number of halogens is 2. The Morgan fingerprint density at radius 3 is 2.67 bits per heavy atom. The third-order valence-corrected chi connectivity index (χ3v) is 4.59. The van der Waals surface area contributed by atoms with Crippen molar-refractivity contribution in [2.45, 2.75) is 17.7 Å². The van der Waals surface area contributed by atoms with E-state index in [0.29, 0.717) is 15.7 Å². The first-order valence-corrected chi connectivity index (χ1v) is 7.56. The highest BCUT2D eigenvalue weighted by Gasteiger charge is 2.28. The smallest absolute Gasteiger partial charge is 0.160 e. The maximum Gasteiger partial charge on any atom is 0.160 e. The molecule has 96 valence electrons. The summed E-state index contributed by atoms with van der Waals surface area (Å²) in [5.41, 5.74) is 7.20. The number of hydrogen-bond acceptors (Lipinski definition) is 3. The van der Waals surface area contributed by atoms with Crippen molar-refractivity contribution in [2.75, 3.05) is 6.26 Å². The topological polar surface area (TPSA) is 43.1 Å². The van der Waals surface area contributed by atoms with Crippen LogP contribution in [-0.2, 0) is 4.79 Å². The van der Waals surface area contributed by atoms with Crippen molar-refractivity contribution in [1.29, 1.82) is 0 Å². The number of nitrogens with two attached hydrogens (primary N) is 1. The van der Waals surface area contributed by atoms with Crippen LogP contribution in [0.4, 0.5) is 0 Å². The van der Waals surface area contributed by atoms with Crippen LogP contribution >= 0.6 is 35.0 Å². The summed E-state index contributed by atoms with van der Waals surface area (Å²) in [5.74, 6) is 0.273. The van der Waals surface area contributed by atoms with Crippen LogP contribution in [0.3, 0.4) is 0 Å². The van der Waals surface area contributed by atoms with Crippen molar-refractivity contribution in [1.82, 2.24) is 0 Å². The molecule has 2 rings (SSSR count).